The second kappa shape index (κ2) is 6.37. The van der Waals surface area contributed by atoms with Crippen molar-refractivity contribution in [1.82, 2.24) is 10.2 Å². The largest absolute Gasteiger partial charge is 0.368 e. The first-order chi connectivity index (χ1) is 9.08. The predicted molar refractivity (Wildman–Crippen MR) is 71.6 cm³/mol. The zero-order valence-electron chi connectivity index (χ0n) is 11.9. The highest BCUT2D eigenvalue weighted by molar-refractivity contribution is 5.82. The highest BCUT2D eigenvalue weighted by Crippen LogP contribution is 2.21. The lowest BCUT2D eigenvalue weighted by Gasteiger charge is -2.33. The zero-order valence-corrected chi connectivity index (χ0v) is 11.9. The molecule has 0 aromatic rings. The van der Waals surface area contributed by atoms with Crippen molar-refractivity contribution in [3.05, 3.63) is 0 Å². The van der Waals surface area contributed by atoms with Crippen LogP contribution in [0.1, 0.15) is 39.5 Å². The SMILES string of the molecule is CC(C)NC(=O)C1CCN(C(=O)C2CCCO2)CC1. The fourth-order valence-electron chi connectivity index (χ4n) is 2.74. The van der Waals surface area contributed by atoms with Crippen LogP contribution in [-0.2, 0) is 14.3 Å². The first kappa shape index (κ1) is 14.3. The molecule has 2 fully saturated rings. The molecule has 0 spiro atoms. The van der Waals surface area contributed by atoms with Crippen LogP contribution in [0.5, 0.6) is 0 Å². The van der Waals surface area contributed by atoms with Crippen LogP contribution in [0, 0.1) is 5.92 Å². The number of nitrogens with zero attached hydrogens (tertiary/aromatic N) is 1. The number of piperidine rings is 1. The van der Waals surface area contributed by atoms with E-state index >= 15 is 0 Å². The Kier molecular flexibility index (Phi) is 4.80. The molecule has 0 aromatic heterocycles. The van der Waals surface area contributed by atoms with Gasteiger partial charge in [0.05, 0.1) is 0 Å². The van der Waals surface area contributed by atoms with E-state index in [9.17, 15) is 9.59 Å². The molecule has 2 amide bonds. The van der Waals surface area contributed by atoms with Crippen LogP contribution in [0.15, 0.2) is 0 Å². The summed E-state index contributed by atoms with van der Waals surface area (Å²) in [6.45, 7) is 5.98. The minimum atomic E-state index is -0.235. The van der Waals surface area contributed by atoms with Crippen LogP contribution < -0.4 is 5.32 Å². The second-order valence-electron chi connectivity index (χ2n) is 5.76. The molecule has 0 bridgehead atoms. The summed E-state index contributed by atoms with van der Waals surface area (Å²) >= 11 is 0. The topological polar surface area (TPSA) is 58.6 Å². The molecule has 2 aliphatic heterocycles. The van der Waals surface area contributed by atoms with E-state index in [-0.39, 0.29) is 29.9 Å². The van der Waals surface area contributed by atoms with E-state index in [0.29, 0.717) is 19.7 Å². The number of hydrogen-bond donors (Lipinski definition) is 1. The molecule has 0 saturated carbocycles. The van der Waals surface area contributed by atoms with Crippen molar-refractivity contribution >= 4 is 11.8 Å². The highest BCUT2D eigenvalue weighted by atomic mass is 16.5. The second-order valence-corrected chi connectivity index (χ2v) is 5.76. The summed E-state index contributed by atoms with van der Waals surface area (Å²) < 4.78 is 5.42. The molecular weight excluding hydrogens is 244 g/mol. The lowest BCUT2D eigenvalue weighted by molar-refractivity contribution is -0.143. The third kappa shape index (κ3) is 3.69. The number of likely N-dealkylation sites (tertiary alicyclic amines) is 1. The van der Waals surface area contributed by atoms with E-state index < -0.39 is 0 Å². The van der Waals surface area contributed by atoms with Crippen LogP contribution >= 0.6 is 0 Å². The molecule has 1 unspecified atom stereocenters. The van der Waals surface area contributed by atoms with Gasteiger partial charge in [0.25, 0.3) is 5.91 Å². The third-order valence-corrected chi connectivity index (χ3v) is 3.81. The van der Waals surface area contributed by atoms with Gasteiger partial charge in [0.15, 0.2) is 0 Å². The fraction of sp³-hybridized carbons (Fsp3) is 0.857. The molecule has 2 heterocycles. The minimum Gasteiger partial charge on any atom is -0.368 e. The molecule has 1 N–H and O–H groups in total. The van der Waals surface area contributed by atoms with Gasteiger partial charge in [-0.25, -0.2) is 0 Å². The first-order valence-corrected chi connectivity index (χ1v) is 7.28. The van der Waals surface area contributed by atoms with Gasteiger partial charge < -0.3 is 15.0 Å². The Morgan fingerprint density at radius 2 is 1.89 bits per heavy atom. The molecule has 5 nitrogen and oxygen atoms in total. The maximum Gasteiger partial charge on any atom is 0.251 e. The monoisotopic (exact) mass is 268 g/mol. The van der Waals surface area contributed by atoms with Gasteiger partial charge in [-0.1, -0.05) is 0 Å². The number of amides is 2. The Bertz CT molecular complexity index is 330. The van der Waals surface area contributed by atoms with Gasteiger partial charge in [0, 0.05) is 31.7 Å². The van der Waals surface area contributed by atoms with Gasteiger partial charge in [-0.2, -0.15) is 0 Å². The lowest BCUT2D eigenvalue weighted by Crippen LogP contribution is -2.47. The summed E-state index contributed by atoms with van der Waals surface area (Å²) in [7, 11) is 0. The lowest BCUT2D eigenvalue weighted by atomic mass is 9.95. The number of carbonyl (C=O) groups is 2. The Balaban J connectivity index is 1.78. The Morgan fingerprint density at radius 1 is 1.21 bits per heavy atom. The van der Waals surface area contributed by atoms with Crippen LogP contribution in [0.3, 0.4) is 0 Å². The van der Waals surface area contributed by atoms with Gasteiger partial charge in [0.1, 0.15) is 6.10 Å². The van der Waals surface area contributed by atoms with Crippen molar-refractivity contribution < 1.29 is 14.3 Å². The quantitative estimate of drug-likeness (QED) is 0.828. The van der Waals surface area contributed by atoms with Gasteiger partial charge in [0.2, 0.25) is 5.91 Å². The Morgan fingerprint density at radius 3 is 2.42 bits per heavy atom. The summed E-state index contributed by atoms with van der Waals surface area (Å²) in [6.07, 6.45) is 3.10. The van der Waals surface area contributed by atoms with Crippen molar-refractivity contribution in [1.29, 1.82) is 0 Å². The number of carbonyl (C=O) groups excluding carboxylic acids is 2. The van der Waals surface area contributed by atoms with E-state index in [0.717, 1.165) is 25.7 Å². The van der Waals surface area contributed by atoms with Crippen LogP contribution in [0.4, 0.5) is 0 Å². The number of hydrogen-bond acceptors (Lipinski definition) is 3. The molecular formula is C14H24N2O3. The average molecular weight is 268 g/mol. The van der Waals surface area contributed by atoms with E-state index in [2.05, 4.69) is 5.32 Å². The highest BCUT2D eigenvalue weighted by Gasteiger charge is 2.32. The smallest absolute Gasteiger partial charge is 0.251 e. The number of nitrogens with one attached hydrogen (secondary N) is 1. The van der Waals surface area contributed by atoms with Gasteiger partial charge in [-0.05, 0) is 39.5 Å². The Hall–Kier alpha value is -1.10. The van der Waals surface area contributed by atoms with Crippen LogP contribution in [0.25, 0.3) is 0 Å². The minimum absolute atomic E-state index is 0.0518. The van der Waals surface area contributed by atoms with Crippen molar-refractivity contribution in [2.45, 2.75) is 51.7 Å². The summed E-state index contributed by atoms with van der Waals surface area (Å²) in [6, 6.07) is 0.180. The molecule has 2 rings (SSSR count). The fourth-order valence-corrected chi connectivity index (χ4v) is 2.74. The predicted octanol–water partition coefficient (Wildman–Crippen LogP) is 0.929. The number of rotatable bonds is 3. The van der Waals surface area contributed by atoms with Crippen molar-refractivity contribution in [2.24, 2.45) is 5.92 Å². The number of ether oxygens (including phenoxy) is 1. The zero-order chi connectivity index (χ0) is 13.8. The summed E-state index contributed by atoms with van der Waals surface area (Å²) in [5.41, 5.74) is 0. The van der Waals surface area contributed by atoms with E-state index in [1.54, 1.807) is 0 Å². The van der Waals surface area contributed by atoms with Gasteiger partial charge in [-0.3, -0.25) is 9.59 Å². The molecule has 0 aromatic carbocycles. The standard InChI is InChI=1S/C14H24N2O3/c1-10(2)15-13(17)11-5-7-16(8-6-11)14(18)12-4-3-9-19-12/h10-12H,3-9H2,1-2H3,(H,15,17). The van der Waals surface area contributed by atoms with Crippen LogP contribution in [-0.4, -0.2) is 48.6 Å². The summed E-state index contributed by atoms with van der Waals surface area (Å²) in [5, 5.41) is 2.94. The molecule has 2 saturated heterocycles. The molecule has 0 aliphatic carbocycles. The molecule has 19 heavy (non-hydrogen) atoms. The maximum atomic E-state index is 12.2. The first-order valence-electron chi connectivity index (χ1n) is 7.28. The molecule has 108 valence electrons. The average Bonchev–Trinajstić information content (AvgIpc) is 2.91. The molecule has 0 radical (unpaired) electrons. The van der Waals surface area contributed by atoms with Crippen molar-refractivity contribution in [3.8, 4) is 0 Å². The summed E-state index contributed by atoms with van der Waals surface area (Å²) in [5.74, 6) is 0.287. The van der Waals surface area contributed by atoms with E-state index in [4.69, 9.17) is 4.74 Å². The van der Waals surface area contributed by atoms with Crippen molar-refractivity contribution in [3.63, 3.8) is 0 Å². The van der Waals surface area contributed by atoms with Gasteiger partial charge in [-0.15, -0.1) is 0 Å². The van der Waals surface area contributed by atoms with E-state index in [1.165, 1.54) is 0 Å². The summed E-state index contributed by atoms with van der Waals surface area (Å²) in [4.78, 5) is 25.9. The maximum absolute atomic E-state index is 12.2. The molecule has 5 heteroatoms. The van der Waals surface area contributed by atoms with E-state index in [1.807, 2.05) is 18.7 Å². The molecule has 1 atom stereocenters. The van der Waals surface area contributed by atoms with Crippen LogP contribution in [0.2, 0.25) is 0 Å². The molecule has 2 aliphatic rings. The normalized spacial score (nSPS) is 24.8. The van der Waals surface area contributed by atoms with Gasteiger partial charge >= 0.3 is 0 Å². The van der Waals surface area contributed by atoms with Crippen molar-refractivity contribution in [2.75, 3.05) is 19.7 Å². The Labute approximate surface area is 114 Å². The third-order valence-electron chi connectivity index (χ3n) is 3.81.